The largest absolute Gasteiger partial charge is 0.316 e. The second-order valence-electron chi connectivity index (χ2n) is 6.72. The zero-order chi connectivity index (χ0) is 19.0. The first-order valence-corrected chi connectivity index (χ1v) is 8.88. The van der Waals surface area contributed by atoms with Gasteiger partial charge >= 0.3 is 0 Å². The molecule has 0 saturated carbocycles. The van der Waals surface area contributed by atoms with E-state index < -0.39 is 0 Å². The average Bonchev–Trinajstić information content (AvgIpc) is 2.71. The van der Waals surface area contributed by atoms with E-state index in [1.807, 2.05) is 79.1 Å². The maximum absolute atomic E-state index is 13.1. The van der Waals surface area contributed by atoms with E-state index in [2.05, 4.69) is 0 Å². The van der Waals surface area contributed by atoms with Gasteiger partial charge < -0.3 is 4.57 Å². The fraction of sp³-hybridized carbons (Fsp3) is 0.0833. The van der Waals surface area contributed by atoms with Gasteiger partial charge in [0, 0.05) is 22.8 Å². The summed E-state index contributed by atoms with van der Waals surface area (Å²) in [6.07, 6.45) is 1.66. The lowest BCUT2D eigenvalue weighted by atomic mass is 9.98. The lowest BCUT2D eigenvalue weighted by molar-refractivity contribution is 0.103. The normalized spacial score (nSPS) is 10.9. The fourth-order valence-corrected chi connectivity index (χ4v) is 3.28. The molecule has 4 rings (SSSR count). The monoisotopic (exact) mass is 353 g/mol. The first-order chi connectivity index (χ1) is 13.1. The van der Waals surface area contributed by atoms with Crippen LogP contribution in [0.2, 0.25) is 0 Å². The number of carbonyl (C=O) groups excluding carboxylic acids is 1. The number of hydrogen-bond acceptors (Lipinski definition) is 2. The molecule has 0 unspecified atom stereocenters. The Labute approximate surface area is 157 Å². The van der Waals surface area contributed by atoms with E-state index in [9.17, 15) is 9.59 Å². The second kappa shape index (κ2) is 6.69. The molecule has 0 atom stereocenters. The van der Waals surface area contributed by atoms with Gasteiger partial charge in [0.05, 0.1) is 11.1 Å². The van der Waals surface area contributed by atoms with Crippen LogP contribution in [0.25, 0.3) is 16.6 Å². The highest BCUT2D eigenvalue weighted by Gasteiger charge is 2.18. The molecule has 0 aliphatic carbocycles. The zero-order valence-electron chi connectivity index (χ0n) is 15.3. The summed E-state index contributed by atoms with van der Waals surface area (Å²) in [4.78, 5) is 26.2. The smallest absolute Gasteiger partial charge is 0.200 e. The maximum atomic E-state index is 13.1. The molecule has 0 N–H and O–H groups in total. The van der Waals surface area contributed by atoms with Crippen LogP contribution < -0.4 is 5.43 Å². The Kier molecular flexibility index (Phi) is 4.21. The molecule has 132 valence electrons. The third-order valence-electron chi connectivity index (χ3n) is 4.96. The van der Waals surface area contributed by atoms with Crippen molar-refractivity contribution < 1.29 is 4.79 Å². The quantitative estimate of drug-likeness (QED) is 0.495. The first kappa shape index (κ1) is 17.0. The van der Waals surface area contributed by atoms with Gasteiger partial charge in [-0.15, -0.1) is 0 Å². The summed E-state index contributed by atoms with van der Waals surface area (Å²) in [6, 6.07) is 22.7. The molecule has 0 saturated heterocycles. The lowest BCUT2D eigenvalue weighted by Gasteiger charge is -2.13. The minimum absolute atomic E-state index is 0.181. The number of fused-ring (bicyclic) bond motifs is 1. The molecule has 3 heteroatoms. The number of benzene rings is 3. The highest BCUT2D eigenvalue weighted by Crippen LogP contribution is 2.20. The average molecular weight is 353 g/mol. The van der Waals surface area contributed by atoms with Crippen molar-refractivity contribution in [3.63, 3.8) is 0 Å². The summed E-state index contributed by atoms with van der Waals surface area (Å²) >= 11 is 0. The summed E-state index contributed by atoms with van der Waals surface area (Å²) in [7, 11) is 0. The molecule has 0 aliphatic rings. The molecule has 3 aromatic carbocycles. The van der Waals surface area contributed by atoms with E-state index in [-0.39, 0.29) is 16.8 Å². The molecule has 1 heterocycles. The third-order valence-corrected chi connectivity index (χ3v) is 4.96. The van der Waals surface area contributed by atoms with Gasteiger partial charge in [0.25, 0.3) is 0 Å². The molecule has 0 spiro atoms. The number of rotatable bonds is 3. The van der Waals surface area contributed by atoms with Crippen LogP contribution in [0.5, 0.6) is 0 Å². The number of hydrogen-bond donors (Lipinski definition) is 0. The Morgan fingerprint density at radius 1 is 0.815 bits per heavy atom. The fourth-order valence-electron chi connectivity index (χ4n) is 3.28. The van der Waals surface area contributed by atoms with E-state index in [4.69, 9.17) is 0 Å². The van der Waals surface area contributed by atoms with Crippen LogP contribution in [0.4, 0.5) is 0 Å². The van der Waals surface area contributed by atoms with E-state index in [0.29, 0.717) is 10.9 Å². The molecular formula is C24H19NO2. The predicted molar refractivity (Wildman–Crippen MR) is 109 cm³/mol. The zero-order valence-corrected chi connectivity index (χ0v) is 15.3. The molecule has 27 heavy (non-hydrogen) atoms. The molecule has 4 aromatic rings. The highest BCUT2D eigenvalue weighted by molar-refractivity contribution is 6.10. The first-order valence-electron chi connectivity index (χ1n) is 8.88. The number of pyridine rings is 1. The van der Waals surface area contributed by atoms with Crippen molar-refractivity contribution in [2.75, 3.05) is 0 Å². The lowest BCUT2D eigenvalue weighted by Crippen LogP contribution is -2.19. The molecule has 0 aliphatic heterocycles. The van der Waals surface area contributed by atoms with Crippen molar-refractivity contribution in [1.82, 2.24) is 4.57 Å². The van der Waals surface area contributed by atoms with Crippen molar-refractivity contribution >= 4 is 16.7 Å². The number of ketones is 1. The molecule has 0 amide bonds. The van der Waals surface area contributed by atoms with E-state index in [1.165, 1.54) is 0 Å². The van der Waals surface area contributed by atoms with Gasteiger partial charge in [0.1, 0.15) is 0 Å². The summed E-state index contributed by atoms with van der Waals surface area (Å²) in [5.74, 6) is -0.251. The van der Waals surface area contributed by atoms with Crippen molar-refractivity contribution in [3.8, 4) is 5.69 Å². The Morgan fingerprint density at radius 2 is 1.52 bits per heavy atom. The number of aryl methyl sites for hydroxylation is 2. The van der Waals surface area contributed by atoms with E-state index in [1.54, 1.807) is 18.3 Å². The van der Waals surface area contributed by atoms with E-state index in [0.717, 1.165) is 22.3 Å². The molecular weight excluding hydrogens is 334 g/mol. The van der Waals surface area contributed by atoms with Gasteiger partial charge in [-0.25, -0.2) is 0 Å². The third kappa shape index (κ3) is 2.97. The standard InChI is InChI=1S/C24H19NO2/c1-16-12-13-18(14-17(16)2)23(26)21-15-25(19-8-4-3-5-9-19)22-11-7-6-10-20(22)24(21)27/h3-15H,1-2H3. The number of nitrogens with zero attached hydrogens (tertiary/aromatic N) is 1. The predicted octanol–water partition coefficient (Wildman–Crippen LogP) is 4.84. The number of aromatic nitrogens is 1. The van der Waals surface area contributed by atoms with Gasteiger partial charge in [0.2, 0.25) is 5.43 Å². The maximum Gasteiger partial charge on any atom is 0.200 e. The second-order valence-corrected chi connectivity index (χ2v) is 6.72. The van der Waals surface area contributed by atoms with Gasteiger partial charge in [-0.3, -0.25) is 9.59 Å². The van der Waals surface area contributed by atoms with Crippen LogP contribution in [0.15, 0.2) is 83.8 Å². The molecule has 1 aromatic heterocycles. The molecule has 0 radical (unpaired) electrons. The Balaban J connectivity index is 1.98. The highest BCUT2D eigenvalue weighted by atomic mass is 16.1. The number of para-hydroxylation sites is 2. The number of carbonyl (C=O) groups is 1. The van der Waals surface area contributed by atoms with Crippen molar-refractivity contribution in [1.29, 1.82) is 0 Å². The van der Waals surface area contributed by atoms with Gasteiger partial charge in [-0.05, 0) is 55.3 Å². The minimum Gasteiger partial charge on any atom is -0.316 e. The molecule has 0 bridgehead atoms. The summed E-state index contributed by atoms with van der Waals surface area (Å²) < 4.78 is 1.91. The minimum atomic E-state index is -0.251. The Hall–Kier alpha value is -3.46. The van der Waals surface area contributed by atoms with E-state index >= 15 is 0 Å². The van der Waals surface area contributed by atoms with Gasteiger partial charge in [-0.1, -0.05) is 42.5 Å². The van der Waals surface area contributed by atoms with Crippen LogP contribution in [0, 0.1) is 13.8 Å². The van der Waals surface area contributed by atoms with Crippen LogP contribution in [-0.4, -0.2) is 10.4 Å². The summed E-state index contributed by atoms with van der Waals surface area (Å²) in [6.45, 7) is 3.97. The van der Waals surface area contributed by atoms with Gasteiger partial charge in [-0.2, -0.15) is 0 Å². The molecule has 0 fully saturated rings. The summed E-state index contributed by atoms with van der Waals surface area (Å²) in [5.41, 5.74) is 4.32. The van der Waals surface area contributed by atoms with Crippen LogP contribution in [0.3, 0.4) is 0 Å². The van der Waals surface area contributed by atoms with Crippen molar-refractivity contribution in [2.45, 2.75) is 13.8 Å². The van der Waals surface area contributed by atoms with Crippen LogP contribution in [0.1, 0.15) is 27.0 Å². The SMILES string of the molecule is Cc1ccc(C(=O)c2cn(-c3ccccc3)c3ccccc3c2=O)cc1C. The van der Waals surface area contributed by atoms with Crippen LogP contribution in [-0.2, 0) is 0 Å². The van der Waals surface area contributed by atoms with Crippen molar-refractivity contribution in [3.05, 3.63) is 111 Å². The Bertz CT molecular complexity index is 1220. The van der Waals surface area contributed by atoms with Crippen LogP contribution >= 0.6 is 0 Å². The summed E-state index contributed by atoms with van der Waals surface area (Å²) in [5, 5.41) is 0.538. The van der Waals surface area contributed by atoms with Crippen molar-refractivity contribution in [2.24, 2.45) is 0 Å². The van der Waals surface area contributed by atoms with Gasteiger partial charge in [0.15, 0.2) is 5.78 Å². The topological polar surface area (TPSA) is 39.1 Å². The Morgan fingerprint density at radius 3 is 2.26 bits per heavy atom. The molecule has 3 nitrogen and oxygen atoms in total.